The van der Waals surface area contributed by atoms with Gasteiger partial charge >= 0.3 is 6.03 Å². The van der Waals surface area contributed by atoms with Crippen LogP contribution in [-0.2, 0) is 4.79 Å². The molecule has 3 fully saturated rings. The molecule has 2 N–H and O–H groups in total. The fourth-order valence-electron chi connectivity index (χ4n) is 4.56. The smallest absolute Gasteiger partial charge is 0.311 e. The zero-order chi connectivity index (χ0) is 20.5. The molecule has 158 valence electrons. The first-order valence-corrected chi connectivity index (χ1v) is 11.5. The van der Waals surface area contributed by atoms with E-state index in [1.54, 1.807) is 30.8 Å². The molecule has 4 rings (SSSR count). The van der Waals surface area contributed by atoms with Gasteiger partial charge in [-0.1, -0.05) is 29.8 Å². The molecule has 0 saturated carbocycles. The second kappa shape index (κ2) is 8.63. The minimum atomic E-state index is -0.317. The largest absolute Gasteiger partial charge is 0.327 e. The molecular weight excluding hydrogens is 386 g/mol. The number of carbonyl (C=O) groups excluding carboxylic acids is 2. The van der Waals surface area contributed by atoms with E-state index < -0.39 is 0 Å². The van der Waals surface area contributed by atoms with E-state index in [0.717, 1.165) is 17.9 Å². The predicted molar refractivity (Wildman–Crippen MR) is 115 cm³/mol. The summed E-state index contributed by atoms with van der Waals surface area (Å²) >= 11 is 1.80. The molecule has 3 heterocycles. The topological polar surface area (TPSA) is 67.9 Å². The molecule has 3 aliphatic heterocycles. The second-order valence-electron chi connectivity index (χ2n) is 8.28. The summed E-state index contributed by atoms with van der Waals surface area (Å²) in [6.45, 7) is 5.47. The molecular formula is C21H31N5O2S. The van der Waals surface area contributed by atoms with Gasteiger partial charge in [0.25, 0.3) is 0 Å². The van der Waals surface area contributed by atoms with Crippen molar-refractivity contribution in [3.05, 3.63) is 35.4 Å². The van der Waals surface area contributed by atoms with Gasteiger partial charge in [-0.15, -0.1) is 11.8 Å². The number of amides is 3. The standard InChI is InChI=1S/C21H31N5O2S/c1-14-7-6-8-15(13-14)17-22-18-16(20(27)25(3)21(28)24(18)2)19(23-17)29-12-11-26-9-4-5-10-26/h6-8,13,16-19,22-23H,4-5,9-12H2,1-3H3. The summed E-state index contributed by atoms with van der Waals surface area (Å²) in [5.41, 5.74) is 2.32. The van der Waals surface area contributed by atoms with Crippen LogP contribution in [0.4, 0.5) is 4.79 Å². The van der Waals surface area contributed by atoms with Crippen LogP contribution in [0.25, 0.3) is 0 Å². The lowest BCUT2D eigenvalue weighted by molar-refractivity contribution is -0.140. The van der Waals surface area contributed by atoms with Crippen molar-refractivity contribution in [2.45, 2.75) is 37.5 Å². The molecule has 3 aliphatic rings. The summed E-state index contributed by atoms with van der Waals surface area (Å²) in [6, 6.07) is 8.10. The Labute approximate surface area is 177 Å². The van der Waals surface area contributed by atoms with Gasteiger partial charge in [0.2, 0.25) is 5.91 Å². The number of thioether (sulfide) groups is 1. The molecule has 0 radical (unpaired) electrons. The molecule has 0 bridgehead atoms. The van der Waals surface area contributed by atoms with E-state index in [1.165, 1.54) is 36.4 Å². The van der Waals surface area contributed by atoms with E-state index in [-0.39, 0.29) is 35.6 Å². The van der Waals surface area contributed by atoms with Crippen LogP contribution in [-0.4, -0.2) is 77.7 Å². The van der Waals surface area contributed by atoms with Crippen LogP contribution in [0.3, 0.4) is 0 Å². The number of imide groups is 1. The van der Waals surface area contributed by atoms with E-state index >= 15 is 0 Å². The lowest BCUT2D eigenvalue weighted by Gasteiger charge is -2.50. The maximum Gasteiger partial charge on any atom is 0.327 e. The molecule has 4 atom stereocenters. The van der Waals surface area contributed by atoms with Crippen LogP contribution in [0, 0.1) is 12.8 Å². The highest BCUT2D eigenvalue weighted by atomic mass is 32.2. The Morgan fingerprint density at radius 3 is 2.62 bits per heavy atom. The number of carbonyl (C=O) groups is 2. The number of aryl methyl sites for hydroxylation is 1. The van der Waals surface area contributed by atoms with Crippen LogP contribution < -0.4 is 10.6 Å². The van der Waals surface area contributed by atoms with Crippen LogP contribution in [0.1, 0.15) is 30.1 Å². The number of hydrogen-bond acceptors (Lipinski definition) is 6. The predicted octanol–water partition coefficient (Wildman–Crippen LogP) is 1.81. The Morgan fingerprint density at radius 1 is 1.14 bits per heavy atom. The number of nitrogens with zero attached hydrogens (tertiary/aromatic N) is 3. The van der Waals surface area contributed by atoms with Crippen molar-refractivity contribution in [1.29, 1.82) is 0 Å². The molecule has 8 heteroatoms. The van der Waals surface area contributed by atoms with Crippen molar-refractivity contribution in [3.63, 3.8) is 0 Å². The van der Waals surface area contributed by atoms with E-state index in [4.69, 9.17) is 0 Å². The molecule has 3 saturated heterocycles. The van der Waals surface area contributed by atoms with Gasteiger partial charge in [0.1, 0.15) is 0 Å². The Morgan fingerprint density at radius 2 is 1.90 bits per heavy atom. The summed E-state index contributed by atoms with van der Waals surface area (Å²) in [7, 11) is 3.36. The molecule has 0 aliphatic carbocycles. The van der Waals surface area contributed by atoms with Gasteiger partial charge in [-0.2, -0.15) is 0 Å². The number of benzene rings is 1. The quantitative estimate of drug-likeness (QED) is 0.762. The fourth-order valence-corrected chi connectivity index (χ4v) is 5.88. The lowest BCUT2D eigenvalue weighted by Crippen LogP contribution is -2.72. The third-order valence-electron chi connectivity index (χ3n) is 6.24. The highest BCUT2D eigenvalue weighted by Gasteiger charge is 2.50. The molecule has 29 heavy (non-hydrogen) atoms. The summed E-state index contributed by atoms with van der Waals surface area (Å²) in [6.07, 6.45) is 2.15. The first kappa shape index (κ1) is 20.7. The summed E-state index contributed by atoms with van der Waals surface area (Å²) in [4.78, 5) is 31.0. The molecule has 7 nitrogen and oxygen atoms in total. The maximum atomic E-state index is 13.0. The second-order valence-corrected chi connectivity index (χ2v) is 9.53. The Hall–Kier alpha value is -1.61. The van der Waals surface area contributed by atoms with Gasteiger partial charge in [0.05, 0.1) is 23.6 Å². The normalized spacial score (nSPS) is 30.7. The Balaban J connectivity index is 1.54. The zero-order valence-corrected chi connectivity index (χ0v) is 18.2. The van der Waals surface area contributed by atoms with E-state index in [0.29, 0.717) is 0 Å². The zero-order valence-electron chi connectivity index (χ0n) is 17.4. The third kappa shape index (κ3) is 4.17. The van der Waals surface area contributed by atoms with Crippen molar-refractivity contribution in [1.82, 2.24) is 25.3 Å². The molecule has 1 aromatic rings. The van der Waals surface area contributed by atoms with Crippen LogP contribution in [0.2, 0.25) is 0 Å². The summed E-state index contributed by atoms with van der Waals surface area (Å²) in [5.74, 6) is 0.544. The Bertz CT molecular complexity index is 769. The number of hydrogen-bond donors (Lipinski definition) is 2. The monoisotopic (exact) mass is 417 g/mol. The van der Waals surface area contributed by atoms with Crippen LogP contribution >= 0.6 is 11.8 Å². The highest BCUT2D eigenvalue weighted by molar-refractivity contribution is 7.99. The van der Waals surface area contributed by atoms with Gasteiger partial charge in [0.15, 0.2) is 0 Å². The average Bonchev–Trinajstić information content (AvgIpc) is 3.23. The number of fused-ring (bicyclic) bond motifs is 1. The van der Waals surface area contributed by atoms with Crippen molar-refractivity contribution in [3.8, 4) is 0 Å². The van der Waals surface area contributed by atoms with Gasteiger partial charge in [0, 0.05) is 26.4 Å². The first-order chi connectivity index (χ1) is 14.0. The van der Waals surface area contributed by atoms with Gasteiger partial charge in [-0.05, 0) is 38.4 Å². The van der Waals surface area contributed by atoms with Crippen LogP contribution in [0.15, 0.2) is 24.3 Å². The number of likely N-dealkylation sites (tertiary alicyclic amines) is 1. The summed E-state index contributed by atoms with van der Waals surface area (Å²) in [5, 5.41) is 7.11. The van der Waals surface area contributed by atoms with Gasteiger partial charge in [-0.3, -0.25) is 20.3 Å². The highest BCUT2D eigenvalue weighted by Crippen LogP contribution is 2.34. The SMILES string of the molecule is Cc1cccc(C2NC(SCCN3CCCC3)C3C(=O)N(C)C(=O)N(C)C3N2)c1. The number of rotatable bonds is 5. The van der Waals surface area contributed by atoms with Crippen molar-refractivity contribution < 1.29 is 9.59 Å². The van der Waals surface area contributed by atoms with Gasteiger partial charge < -0.3 is 9.80 Å². The van der Waals surface area contributed by atoms with Gasteiger partial charge in [-0.25, -0.2) is 4.79 Å². The Kier molecular flexibility index (Phi) is 6.15. The minimum Gasteiger partial charge on any atom is -0.311 e. The van der Waals surface area contributed by atoms with Crippen molar-refractivity contribution in [2.75, 3.05) is 39.5 Å². The van der Waals surface area contributed by atoms with E-state index in [2.05, 4.69) is 40.7 Å². The van der Waals surface area contributed by atoms with Crippen molar-refractivity contribution in [2.24, 2.45) is 5.92 Å². The van der Waals surface area contributed by atoms with E-state index in [1.807, 2.05) is 6.07 Å². The van der Waals surface area contributed by atoms with Crippen LogP contribution in [0.5, 0.6) is 0 Å². The molecule has 1 aromatic carbocycles. The lowest BCUT2D eigenvalue weighted by atomic mass is 9.95. The summed E-state index contributed by atoms with van der Waals surface area (Å²) < 4.78 is 0. The average molecular weight is 418 g/mol. The molecule has 0 spiro atoms. The molecule has 4 unspecified atom stereocenters. The first-order valence-electron chi connectivity index (χ1n) is 10.4. The fraction of sp³-hybridized carbons (Fsp3) is 0.619. The molecule has 3 amide bonds. The minimum absolute atomic E-state index is 0.0557. The van der Waals surface area contributed by atoms with E-state index in [9.17, 15) is 9.59 Å². The number of urea groups is 1. The van der Waals surface area contributed by atoms with Crippen molar-refractivity contribution >= 4 is 23.7 Å². The number of nitrogens with one attached hydrogen (secondary N) is 2. The molecule has 0 aromatic heterocycles. The maximum absolute atomic E-state index is 13.0. The third-order valence-corrected chi connectivity index (χ3v) is 7.44.